The molecule has 3 atom stereocenters. The normalized spacial score (nSPS) is 23.7. The number of anilines is 2. The smallest absolute Gasteiger partial charge is 0.188 e. The zero-order chi connectivity index (χ0) is 18.9. The van der Waals surface area contributed by atoms with E-state index in [0.29, 0.717) is 0 Å². The standard InChI is InChI=1S/C22H23FN4S/c23-17-8-6-14(7-9-17)20-13-25-22(28-20)27-21-3-1-2-18(26-21)10-15-4-5-16-11-24-12-19(15)16/h1-3,6-9,13,15-16,19,24H,4-5,10-12H2,(H,25,26,27)/t15?,16-,19-/m1/s1. The van der Waals surface area contributed by atoms with Crippen LogP contribution >= 0.6 is 11.3 Å². The number of halogens is 1. The fourth-order valence-electron chi connectivity index (χ4n) is 4.64. The van der Waals surface area contributed by atoms with Crippen LogP contribution in [0.1, 0.15) is 18.5 Å². The van der Waals surface area contributed by atoms with Gasteiger partial charge in [0.2, 0.25) is 0 Å². The first kappa shape index (κ1) is 17.8. The number of nitrogens with one attached hydrogen (secondary N) is 2. The van der Waals surface area contributed by atoms with Crippen LogP contribution in [-0.4, -0.2) is 23.1 Å². The van der Waals surface area contributed by atoms with E-state index in [1.165, 1.54) is 38.1 Å². The molecule has 2 N–H and O–H groups in total. The molecule has 1 saturated heterocycles. The molecule has 0 radical (unpaired) electrons. The molecule has 2 aromatic heterocycles. The zero-order valence-corrected chi connectivity index (χ0v) is 16.4. The lowest BCUT2D eigenvalue weighted by Gasteiger charge is -2.17. The van der Waals surface area contributed by atoms with Crippen LogP contribution in [0.2, 0.25) is 0 Å². The van der Waals surface area contributed by atoms with E-state index >= 15 is 0 Å². The molecule has 1 aliphatic carbocycles. The minimum absolute atomic E-state index is 0.227. The highest BCUT2D eigenvalue weighted by molar-refractivity contribution is 7.18. The Hall–Kier alpha value is -2.31. The Labute approximate surface area is 168 Å². The number of fused-ring (bicyclic) bond motifs is 1. The fourth-order valence-corrected chi connectivity index (χ4v) is 5.47. The summed E-state index contributed by atoms with van der Waals surface area (Å²) in [7, 11) is 0. The average Bonchev–Trinajstić information content (AvgIpc) is 3.42. The molecule has 144 valence electrons. The van der Waals surface area contributed by atoms with Gasteiger partial charge in [0.05, 0.1) is 4.88 Å². The molecule has 2 aliphatic rings. The average molecular weight is 395 g/mol. The number of rotatable bonds is 5. The summed E-state index contributed by atoms with van der Waals surface area (Å²) in [6.45, 7) is 2.36. The highest BCUT2D eigenvalue weighted by atomic mass is 32.1. The van der Waals surface area contributed by atoms with Gasteiger partial charge in [0, 0.05) is 11.9 Å². The van der Waals surface area contributed by atoms with Gasteiger partial charge in [0.25, 0.3) is 0 Å². The van der Waals surface area contributed by atoms with Crippen LogP contribution in [0, 0.1) is 23.6 Å². The molecule has 1 saturated carbocycles. The quantitative estimate of drug-likeness (QED) is 0.648. The van der Waals surface area contributed by atoms with E-state index in [1.54, 1.807) is 23.5 Å². The van der Waals surface area contributed by atoms with Gasteiger partial charge >= 0.3 is 0 Å². The summed E-state index contributed by atoms with van der Waals surface area (Å²) in [5.74, 6) is 3.03. The Balaban J connectivity index is 1.27. The van der Waals surface area contributed by atoms with Crippen LogP contribution < -0.4 is 10.6 Å². The van der Waals surface area contributed by atoms with Crippen molar-refractivity contribution in [3.8, 4) is 10.4 Å². The van der Waals surface area contributed by atoms with E-state index in [-0.39, 0.29) is 5.82 Å². The van der Waals surface area contributed by atoms with Gasteiger partial charge < -0.3 is 10.6 Å². The van der Waals surface area contributed by atoms with Gasteiger partial charge in [-0.1, -0.05) is 29.5 Å². The summed E-state index contributed by atoms with van der Waals surface area (Å²) in [5.41, 5.74) is 2.12. The van der Waals surface area contributed by atoms with E-state index in [4.69, 9.17) is 4.98 Å². The van der Waals surface area contributed by atoms with E-state index in [9.17, 15) is 4.39 Å². The fraction of sp³-hybridized carbons (Fsp3) is 0.364. The second-order valence-electron chi connectivity index (χ2n) is 7.80. The summed E-state index contributed by atoms with van der Waals surface area (Å²) in [5, 5.41) is 7.67. The van der Waals surface area contributed by atoms with Gasteiger partial charge in [0.1, 0.15) is 11.6 Å². The van der Waals surface area contributed by atoms with Crippen molar-refractivity contribution in [2.45, 2.75) is 19.3 Å². The molecule has 3 aromatic rings. The largest absolute Gasteiger partial charge is 0.316 e. The van der Waals surface area contributed by atoms with Crippen molar-refractivity contribution < 1.29 is 4.39 Å². The Morgan fingerprint density at radius 2 is 2.00 bits per heavy atom. The molecule has 6 heteroatoms. The van der Waals surface area contributed by atoms with Crippen molar-refractivity contribution >= 4 is 22.3 Å². The van der Waals surface area contributed by atoms with Crippen LogP contribution in [0.4, 0.5) is 15.3 Å². The summed E-state index contributed by atoms with van der Waals surface area (Å²) in [4.78, 5) is 10.3. The number of hydrogen-bond donors (Lipinski definition) is 2. The number of benzene rings is 1. The van der Waals surface area contributed by atoms with Crippen molar-refractivity contribution in [2.24, 2.45) is 17.8 Å². The third-order valence-electron chi connectivity index (χ3n) is 6.05. The van der Waals surface area contributed by atoms with Gasteiger partial charge in [-0.15, -0.1) is 0 Å². The number of hydrogen-bond acceptors (Lipinski definition) is 5. The molecule has 0 spiro atoms. The number of thiazole rings is 1. The first-order valence-electron chi connectivity index (χ1n) is 9.90. The van der Waals surface area contributed by atoms with Crippen molar-refractivity contribution in [3.05, 3.63) is 60.2 Å². The lowest BCUT2D eigenvalue weighted by Crippen LogP contribution is -2.18. The molecular formula is C22H23FN4S. The molecule has 0 bridgehead atoms. The lowest BCUT2D eigenvalue weighted by atomic mass is 9.89. The summed E-state index contributed by atoms with van der Waals surface area (Å²) in [6, 6.07) is 12.7. The maximum atomic E-state index is 13.1. The van der Waals surface area contributed by atoms with E-state index < -0.39 is 0 Å². The van der Waals surface area contributed by atoms with Crippen molar-refractivity contribution in [1.29, 1.82) is 0 Å². The van der Waals surface area contributed by atoms with Gasteiger partial charge in [0.15, 0.2) is 5.13 Å². The first-order valence-corrected chi connectivity index (χ1v) is 10.7. The van der Waals surface area contributed by atoms with E-state index in [1.807, 2.05) is 12.3 Å². The van der Waals surface area contributed by atoms with Crippen LogP contribution in [0.5, 0.6) is 0 Å². The molecular weight excluding hydrogens is 371 g/mol. The van der Waals surface area contributed by atoms with Crippen LogP contribution in [0.3, 0.4) is 0 Å². The number of nitrogens with zero attached hydrogens (tertiary/aromatic N) is 2. The van der Waals surface area contributed by atoms with E-state index in [2.05, 4.69) is 27.8 Å². The van der Waals surface area contributed by atoms with Crippen LogP contribution in [0.15, 0.2) is 48.7 Å². The minimum atomic E-state index is -0.227. The van der Waals surface area contributed by atoms with Crippen molar-refractivity contribution in [3.63, 3.8) is 0 Å². The Morgan fingerprint density at radius 1 is 1.11 bits per heavy atom. The lowest BCUT2D eigenvalue weighted by molar-refractivity contribution is 0.372. The van der Waals surface area contributed by atoms with Gasteiger partial charge in [-0.3, -0.25) is 0 Å². The molecule has 28 heavy (non-hydrogen) atoms. The molecule has 0 amide bonds. The maximum absolute atomic E-state index is 13.1. The predicted octanol–water partition coefficient (Wildman–Crippen LogP) is 4.88. The number of pyridine rings is 1. The zero-order valence-electron chi connectivity index (χ0n) is 15.6. The van der Waals surface area contributed by atoms with Crippen LogP contribution in [-0.2, 0) is 6.42 Å². The topological polar surface area (TPSA) is 49.8 Å². The Kier molecular flexibility index (Phi) is 4.82. The number of aromatic nitrogens is 2. The molecule has 3 heterocycles. The molecule has 4 nitrogen and oxygen atoms in total. The van der Waals surface area contributed by atoms with Crippen molar-refractivity contribution in [1.82, 2.24) is 15.3 Å². The molecule has 1 unspecified atom stereocenters. The Morgan fingerprint density at radius 3 is 2.89 bits per heavy atom. The van der Waals surface area contributed by atoms with Gasteiger partial charge in [-0.05, 0) is 79.9 Å². The molecule has 5 rings (SSSR count). The highest BCUT2D eigenvalue weighted by Crippen LogP contribution is 2.40. The second-order valence-corrected chi connectivity index (χ2v) is 8.83. The summed E-state index contributed by atoms with van der Waals surface area (Å²) < 4.78 is 13.1. The summed E-state index contributed by atoms with van der Waals surface area (Å²) in [6.07, 6.45) is 5.54. The summed E-state index contributed by atoms with van der Waals surface area (Å²) >= 11 is 1.55. The maximum Gasteiger partial charge on any atom is 0.188 e. The second kappa shape index (κ2) is 7.60. The highest BCUT2D eigenvalue weighted by Gasteiger charge is 2.38. The first-order chi connectivity index (χ1) is 13.7. The minimum Gasteiger partial charge on any atom is -0.316 e. The third kappa shape index (κ3) is 3.66. The van der Waals surface area contributed by atoms with E-state index in [0.717, 1.165) is 51.3 Å². The van der Waals surface area contributed by atoms with Gasteiger partial charge in [-0.25, -0.2) is 14.4 Å². The molecule has 2 fully saturated rings. The predicted molar refractivity (Wildman–Crippen MR) is 111 cm³/mol. The SMILES string of the molecule is Fc1ccc(-c2cnc(Nc3cccc(CC4CC[C@@H]5CNC[C@H]45)n3)s2)cc1. The molecule has 1 aromatic carbocycles. The Bertz CT molecular complexity index is 955. The van der Waals surface area contributed by atoms with Crippen LogP contribution in [0.25, 0.3) is 10.4 Å². The third-order valence-corrected chi connectivity index (χ3v) is 7.02. The van der Waals surface area contributed by atoms with Gasteiger partial charge in [-0.2, -0.15) is 0 Å². The monoisotopic (exact) mass is 394 g/mol. The van der Waals surface area contributed by atoms with Crippen molar-refractivity contribution in [2.75, 3.05) is 18.4 Å². The molecule has 1 aliphatic heterocycles.